The lowest BCUT2D eigenvalue weighted by Gasteiger charge is -2.41. The molecule has 1 aliphatic rings. The van der Waals surface area contributed by atoms with E-state index in [9.17, 15) is 19.5 Å². The van der Waals surface area contributed by atoms with E-state index in [1.54, 1.807) is 26.0 Å². The van der Waals surface area contributed by atoms with E-state index in [4.69, 9.17) is 14.2 Å². The van der Waals surface area contributed by atoms with E-state index in [0.29, 0.717) is 22.8 Å². The predicted octanol–water partition coefficient (Wildman–Crippen LogP) is 0.476. The molecule has 1 aliphatic heterocycles. The van der Waals surface area contributed by atoms with E-state index in [2.05, 4.69) is 0 Å². The smallest absolute Gasteiger partial charge is 0.250 e. The molecule has 0 spiro atoms. The normalized spacial score (nSPS) is 16.6. The van der Waals surface area contributed by atoms with E-state index in [1.165, 1.54) is 39.4 Å². The van der Waals surface area contributed by atoms with Crippen molar-refractivity contribution in [2.75, 3.05) is 27.9 Å². The SMILES string of the molecule is COc1cc(C2=CN(C(C)=O)C(C(C)C)C(=O)N2CC(=O)[O-])cc(OC)c1OC. The van der Waals surface area contributed by atoms with Gasteiger partial charge in [-0.25, -0.2) is 0 Å². The first-order valence-corrected chi connectivity index (χ1v) is 8.98. The van der Waals surface area contributed by atoms with Gasteiger partial charge in [-0.15, -0.1) is 0 Å². The molecule has 1 heterocycles. The fourth-order valence-corrected chi connectivity index (χ4v) is 3.32. The zero-order chi connectivity index (χ0) is 21.9. The van der Waals surface area contributed by atoms with Crippen LogP contribution in [0.2, 0.25) is 0 Å². The molecular weight excluding hydrogens is 380 g/mol. The molecule has 0 N–H and O–H groups in total. The highest BCUT2D eigenvalue weighted by Gasteiger charge is 2.39. The van der Waals surface area contributed by atoms with Gasteiger partial charge in [0, 0.05) is 18.7 Å². The summed E-state index contributed by atoms with van der Waals surface area (Å²) < 4.78 is 16.0. The number of aliphatic carboxylic acids is 1. The quantitative estimate of drug-likeness (QED) is 0.649. The number of carbonyl (C=O) groups excluding carboxylic acids is 3. The van der Waals surface area contributed by atoms with Crippen molar-refractivity contribution >= 4 is 23.5 Å². The fourth-order valence-electron chi connectivity index (χ4n) is 3.32. The van der Waals surface area contributed by atoms with Crippen LogP contribution in [0.15, 0.2) is 18.3 Å². The van der Waals surface area contributed by atoms with Crippen LogP contribution in [-0.2, 0) is 14.4 Å². The summed E-state index contributed by atoms with van der Waals surface area (Å²) in [5.41, 5.74) is 0.633. The van der Waals surface area contributed by atoms with Crippen molar-refractivity contribution in [1.29, 1.82) is 0 Å². The first-order valence-electron chi connectivity index (χ1n) is 8.98. The monoisotopic (exact) mass is 405 g/mol. The number of hydrogen-bond donors (Lipinski definition) is 0. The summed E-state index contributed by atoms with van der Waals surface area (Å²) in [6, 6.07) is 2.34. The fraction of sp³-hybridized carbons (Fsp3) is 0.450. The van der Waals surface area contributed by atoms with Crippen LogP contribution in [0.1, 0.15) is 26.3 Å². The van der Waals surface area contributed by atoms with Gasteiger partial charge < -0.3 is 33.9 Å². The molecule has 9 heteroatoms. The Bertz CT molecular complexity index is 822. The Morgan fingerprint density at radius 1 is 1.10 bits per heavy atom. The van der Waals surface area contributed by atoms with Gasteiger partial charge in [-0.2, -0.15) is 0 Å². The highest BCUT2D eigenvalue weighted by molar-refractivity contribution is 5.98. The van der Waals surface area contributed by atoms with E-state index >= 15 is 0 Å². The Kier molecular flexibility index (Phi) is 6.73. The summed E-state index contributed by atoms with van der Waals surface area (Å²) in [6.07, 6.45) is 1.47. The number of ether oxygens (including phenoxy) is 3. The second kappa shape index (κ2) is 8.85. The Labute approximate surface area is 169 Å². The lowest BCUT2D eigenvalue weighted by atomic mass is 9.97. The van der Waals surface area contributed by atoms with Crippen molar-refractivity contribution in [3.05, 3.63) is 23.9 Å². The number of carboxylic acid groups (broad SMARTS) is 1. The summed E-state index contributed by atoms with van der Waals surface area (Å²) in [7, 11) is 4.34. The maximum Gasteiger partial charge on any atom is 0.250 e. The Hall–Kier alpha value is -3.23. The lowest BCUT2D eigenvalue weighted by molar-refractivity contribution is -0.305. The Morgan fingerprint density at radius 3 is 2.03 bits per heavy atom. The topological polar surface area (TPSA) is 108 Å². The molecule has 0 aromatic heterocycles. The minimum Gasteiger partial charge on any atom is -0.548 e. The number of amides is 2. The third kappa shape index (κ3) is 4.28. The molecule has 2 amide bonds. The number of carbonyl (C=O) groups is 3. The third-order valence-corrected chi connectivity index (χ3v) is 4.61. The van der Waals surface area contributed by atoms with E-state index < -0.39 is 24.5 Å². The van der Waals surface area contributed by atoms with Crippen LogP contribution in [0.5, 0.6) is 17.2 Å². The van der Waals surface area contributed by atoms with Gasteiger partial charge in [-0.1, -0.05) is 13.8 Å². The van der Waals surface area contributed by atoms with Crippen molar-refractivity contribution in [1.82, 2.24) is 9.80 Å². The third-order valence-electron chi connectivity index (χ3n) is 4.61. The second-order valence-corrected chi connectivity index (χ2v) is 6.84. The van der Waals surface area contributed by atoms with Crippen molar-refractivity contribution in [3.8, 4) is 17.2 Å². The van der Waals surface area contributed by atoms with Crippen molar-refractivity contribution < 1.29 is 33.7 Å². The van der Waals surface area contributed by atoms with Gasteiger partial charge in [0.25, 0.3) is 5.91 Å². The minimum atomic E-state index is -1.42. The molecular formula is C20H25N2O7-. The molecule has 9 nitrogen and oxygen atoms in total. The van der Waals surface area contributed by atoms with Crippen molar-refractivity contribution in [2.24, 2.45) is 5.92 Å². The molecule has 1 aromatic rings. The largest absolute Gasteiger partial charge is 0.548 e. The van der Waals surface area contributed by atoms with Crippen LogP contribution in [0.4, 0.5) is 0 Å². The Morgan fingerprint density at radius 2 is 1.66 bits per heavy atom. The van der Waals surface area contributed by atoms with Gasteiger partial charge in [0.2, 0.25) is 11.7 Å². The van der Waals surface area contributed by atoms with Gasteiger partial charge in [-0.3, -0.25) is 9.59 Å². The lowest BCUT2D eigenvalue weighted by Crippen LogP contribution is -2.56. The van der Waals surface area contributed by atoms with Crippen molar-refractivity contribution in [3.63, 3.8) is 0 Å². The molecule has 1 unspecified atom stereocenters. The molecule has 158 valence electrons. The average molecular weight is 405 g/mol. The first kappa shape index (κ1) is 22.1. The number of methoxy groups -OCH3 is 3. The van der Waals surface area contributed by atoms with Gasteiger partial charge in [0.05, 0.1) is 39.5 Å². The number of nitrogens with zero attached hydrogens (tertiary/aromatic N) is 2. The molecule has 1 aromatic carbocycles. The zero-order valence-corrected chi connectivity index (χ0v) is 17.3. The highest BCUT2D eigenvalue weighted by atomic mass is 16.5. The number of benzene rings is 1. The predicted molar refractivity (Wildman–Crippen MR) is 102 cm³/mol. The molecule has 0 radical (unpaired) electrons. The average Bonchev–Trinajstić information content (AvgIpc) is 2.66. The van der Waals surface area contributed by atoms with Gasteiger partial charge in [0.1, 0.15) is 6.04 Å². The summed E-state index contributed by atoms with van der Waals surface area (Å²) in [5.74, 6) is -1.51. The van der Waals surface area contributed by atoms with Gasteiger partial charge in [-0.05, 0) is 18.1 Å². The summed E-state index contributed by atoms with van der Waals surface area (Å²) in [6.45, 7) is 4.26. The molecule has 2 rings (SSSR count). The van der Waals surface area contributed by atoms with Crippen LogP contribution >= 0.6 is 0 Å². The molecule has 0 saturated heterocycles. The summed E-state index contributed by atoms with van der Waals surface area (Å²) >= 11 is 0. The van der Waals surface area contributed by atoms with Crippen LogP contribution in [0.25, 0.3) is 5.70 Å². The molecule has 1 atom stereocenters. The number of carboxylic acids is 1. The van der Waals surface area contributed by atoms with Crippen LogP contribution in [0, 0.1) is 5.92 Å². The van der Waals surface area contributed by atoms with Crippen LogP contribution in [-0.4, -0.2) is 61.5 Å². The van der Waals surface area contributed by atoms with E-state index in [1.807, 2.05) is 0 Å². The number of rotatable bonds is 7. The second-order valence-electron chi connectivity index (χ2n) is 6.84. The van der Waals surface area contributed by atoms with Crippen LogP contribution in [0.3, 0.4) is 0 Å². The maximum atomic E-state index is 13.1. The van der Waals surface area contributed by atoms with Gasteiger partial charge in [0.15, 0.2) is 11.5 Å². The molecule has 0 saturated carbocycles. The van der Waals surface area contributed by atoms with E-state index in [0.717, 1.165) is 4.90 Å². The first-order chi connectivity index (χ1) is 13.7. The minimum absolute atomic E-state index is 0.213. The zero-order valence-electron chi connectivity index (χ0n) is 17.3. The maximum absolute atomic E-state index is 13.1. The molecule has 0 aliphatic carbocycles. The van der Waals surface area contributed by atoms with Gasteiger partial charge >= 0.3 is 0 Å². The standard InChI is InChI=1S/C20H26N2O7/c1-11(2)18-20(26)22(10-17(24)25)14(9-21(18)12(3)23)13-7-15(27-4)19(29-6)16(8-13)28-5/h7-9,11,18H,10H2,1-6H3,(H,24,25)/p-1. The molecule has 29 heavy (non-hydrogen) atoms. The number of hydrogen-bond acceptors (Lipinski definition) is 7. The highest BCUT2D eigenvalue weighted by Crippen LogP contribution is 2.41. The van der Waals surface area contributed by atoms with Crippen molar-refractivity contribution in [2.45, 2.75) is 26.8 Å². The Balaban J connectivity index is 2.74. The molecule has 0 fully saturated rings. The van der Waals surface area contributed by atoms with E-state index in [-0.39, 0.29) is 17.5 Å². The summed E-state index contributed by atoms with van der Waals surface area (Å²) in [4.78, 5) is 39.1. The molecule has 0 bridgehead atoms. The summed E-state index contributed by atoms with van der Waals surface area (Å²) in [5, 5.41) is 11.3. The van der Waals surface area contributed by atoms with Crippen LogP contribution < -0.4 is 19.3 Å².